The number of hydrogen-bond donors (Lipinski definition) is 1. The van der Waals surface area contributed by atoms with Gasteiger partial charge in [-0.05, 0) is 30.3 Å². The van der Waals surface area contributed by atoms with Gasteiger partial charge in [0.2, 0.25) is 0 Å². The normalized spacial score (nSPS) is 11.2. The fourth-order valence-electron chi connectivity index (χ4n) is 1.32. The van der Waals surface area contributed by atoms with Gasteiger partial charge in [-0.2, -0.15) is 18.6 Å². The van der Waals surface area contributed by atoms with E-state index in [0.717, 1.165) is 0 Å². The van der Waals surface area contributed by atoms with Gasteiger partial charge in [0.1, 0.15) is 0 Å². The van der Waals surface area contributed by atoms with Gasteiger partial charge in [-0.15, -0.1) is 0 Å². The molecule has 0 bridgehead atoms. The van der Waals surface area contributed by atoms with E-state index in [2.05, 4.69) is 10.2 Å². The number of rotatable bonds is 3. The molecule has 0 atom stereocenters. The Hall–Kier alpha value is -1.05. The summed E-state index contributed by atoms with van der Waals surface area (Å²) in [6.07, 6.45) is 0. The average molecular weight is 286 g/mol. The summed E-state index contributed by atoms with van der Waals surface area (Å²) in [5.74, 6) is 0. The van der Waals surface area contributed by atoms with Crippen molar-refractivity contribution in [1.29, 1.82) is 0 Å². The second kappa shape index (κ2) is 6.93. The Labute approximate surface area is 134 Å². The molecule has 94 valence electrons. The molecule has 0 radical (unpaired) electrons. The smallest absolute Gasteiger partial charge is 1.00 e. The van der Waals surface area contributed by atoms with Crippen molar-refractivity contribution in [2.75, 3.05) is 0 Å². The largest absolute Gasteiger partial charge is 1.00 e. The summed E-state index contributed by atoms with van der Waals surface area (Å²) < 4.78 is 30.8. The number of benzene rings is 2. The van der Waals surface area contributed by atoms with Crippen LogP contribution in [0, 0.1) is 0 Å². The molecule has 2 rings (SSSR count). The molecule has 0 aromatic heterocycles. The molecule has 5 nitrogen and oxygen atoms in total. The third-order valence-corrected chi connectivity index (χ3v) is 3.00. The fraction of sp³-hybridized carbons (Fsp3) is 0. The van der Waals surface area contributed by atoms with Gasteiger partial charge in [-0.25, -0.2) is 0 Å². The molecule has 0 saturated heterocycles. The summed E-state index contributed by atoms with van der Waals surface area (Å²) in [7, 11) is -4.21. The second-order valence-electron chi connectivity index (χ2n) is 3.51. The predicted octanol–water partition coefficient (Wildman–Crippen LogP) is 0.465. The molecule has 0 spiro atoms. The van der Waals surface area contributed by atoms with Gasteiger partial charge in [-0.3, -0.25) is 4.55 Å². The molecule has 0 unspecified atom stereocenters. The van der Waals surface area contributed by atoms with E-state index >= 15 is 0 Å². The minimum Gasteiger partial charge on any atom is -1.00 e. The SMILES string of the molecule is O=S(=O)(O)c1cccc(N=Nc2ccccc2)c1.[H-].[Na+]. The molecule has 2 aromatic rings. The Morgan fingerprint density at radius 1 is 0.895 bits per heavy atom. The summed E-state index contributed by atoms with van der Waals surface area (Å²) in [6, 6.07) is 14.7. The van der Waals surface area contributed by atoms with Gasteiger partial charge in [-0.1, -0.05) is 24.3 Å². The molecule has 0 aliphatic rings. The summed E-state index contributed by atoms with van der Waals surface area (Å²) in [4.78, 5) is -0.202. The Bertz CT molecular complexity index is 678. The monoisotopic (exact) mass is 286 g/mol. The van der Waals surface area contributed by atoms with Crippen LogP contribution < -0.4 is 29.6 Å². The van der Waals surface area contributed by atoms with Gasteiger partial charge < -0.3 is 1.43 Å². The van der Waals surface area contributed by atoms with Crippen molar-refractivity contribution in [3.05, 3.63) is 54.6 Å². The van der Waals surface area contributed by atoms with Crippen molar-refractivity contribution in [1.82, 2.24) is 0 Å². The summed E-state index contributed by atoms with van der Waals surface area (Å²) in [6.45, 7) is 0. The van der Waals surface area contributed by atoms with Crippen molar-refractivity contribution in [3.63, 3.8) is 0 Å². The molecule has 0 aliphatic carbocycles. The Morgan fingerprint density at radius 3 is 2.11 bits per heavy atom. The van der Waals surface area contributed by atoms with Gasteiger partial charge in [0, 0.05) is 0 Å². The Balaban J connectivity index is 0.00000180. The van der Waals surface area contributed by atoms with Gasteiger partial charge in [0.15, 0.2) is 0 Å². The van der Waals surface area contributed by atoms with E-state index < -0.39 is 10.1 Å². The molecule has 1 N–H and O–H groups in total. The topological polar surface area (TPSA) is 79.1 Å². The van der Waals surface area contributed by atoms with Crippen LogP contribution in [-0.2, 0) is 10.1 Å². The van der Waals surface area contributed by atoms with Gasteiger partial charge >= 0.3 is 29.6 Å². The van der Waals surface area contributed by atoms with Crippen molar-refractivity contribution in [2.24, 2.45) is 10.2 Å². The zero-order chi connectivity index (χ0) is 13.0. The van der Waals surface area contributed by atoms with E-state index in [9.17, 15) is 8.42 Å². The first-order valence-electron chi connectivity index (χ1n) is 5.10. The summed E-state index contributed by atoms with van der Waals surface area (Å²) in [5.41, 5.74) is 1.02. The van der Waals surface area contributed by atoms with Crippen molar-refractivity contribution in [2.45, 2.75) is 4.90 Å². The minimum absolute atomic E-state index is 0. The molecule has 0 aliphatic heterocycles. The van der Waals surface area contributed by atoms with E-state index in [1.165, 1.54) is 18.2 Å². The predicted molar refractivity (Wildman–Crippen MR) is 68.0 cm³/mol. The second-order valence-corrected chi connectivity index (χ2v) is 4.93. The molecule has 7 heteroatoms. The van der Waals surface area contributed by atoms with E-state index in [-0.39, 0.29) is 35.9 Å². The van der Waals surface area contributed by atoms with Crippen LogP contribution in [-0.4, -0.2) is 13.0 Å². The maximum absolute atomic E-state index is 10.9. The molecule has 0 saturated carbocycles. The third-order valence-electron chi connectivity index (χ3n) is 2.15. The number of hydrogen-bond acceptors (Lipinski definition) is 4. The maximum Gasteiger partial charge on any atom is 1.00 e. The first-order valence-corrected chi connectivity index (χ1v) is 6.54. The van der Waals surface area contributed by atoms with E-state index in [1.807, 2.05) is 18.2 Å². The Morgan fingerprint density at radius 2 is 1.47 bits per heavy atom. The standard InChI is InChI=1S/C12H10N2O3S.Na.H/c15-18(16,17)12-8-4-7-11(9-12)14-13-10-5-2-1-3-6-10;;/h1-9H,(H,15,16,17);;/q;+1;-1. The zero-order valence-electron chi connectivity index (χ0n) is 11.3. The van der Waals surface area contributed by atoms with Crippen molar-refractivity contribution in [3.8, 4) is 0 Å². The summed E-state index contributed by atoms with van der Waals surface area (Å²) >= 11 is 0. The van der Waals surface area contributed by atoms with Crippen LogP contribution in [0.15, 0.2) is 69.7 Å². The molecule has 19 heavy (non-hydrogen) atoms. The first-order chi connectivity index (χ1) is 8.55. The van der Waals surface area contributed by atoms with Crippen molar-refractivity contribution >= 4 is 21.5 Å². The molecule has 0 amide bonds. The molecular formula is C12H11N2NaO3S. The van der Waals surface area contributed by atoms with Crippen LogP contribution >= 0.6 is 0 Å². The zero-order valence-corrected chi connectivity index (χ0v) is 13.1. The van der Waals surface area contributed by atoms with E-state index in [0.29, 0.717) is 11.4 Å². The molecule has 2 aromatic carbocycles. The van der Waals surface area contributed by atoms with Gasteiger partial charge in [0.05, 0.1) is 16.3 Å². The van der Waals surface area contributed by atoms with E-state index in [4.69, 9.17) is 4.55 Å². The molecule has 0 heterocycles. The third kappa shape index (κ3) is 4.85. The average Bonchev–Trinajstić information content (AvgIpc) is 2.37. The summed E-state index contributed by atoms with van der Waals surface area (Å²) in [5, 5.41) is 7.85. The molecular weight excluding hydrogens is 275 g/mol. The van der Waals surface area contributed by atoms with Crippen LogP contribution in [0.25, 0.3) is 0 Å². The quantitative estimate of drug-likeness (QED) is 0.506. The van der Waals surface area contributed by atoms with Crippen LogP contribution in [0.1, 0.15) is 1.43 Å². The maximum atomic E-state index is 10.9. The van der Waals surface area contributed by atoms with Gasteiger partial charge in [0.25, 0.3) is 10.1 Å². The fourth-order valence-corrected chi connectivity index (χ4v) is 1.84. The van der Waals surface area contributed by atoms with Crippen LogP contribution in [0.2, 0.25) is 0 Å². The van der Waals surface area contributed by atoms with Crippen LogP contribution in [0.4, 0.5) is 11.4 Å². The van der Waals surface area contributed by atoms with Crippen LogP contribution in [0.3, 0.4) is 0 Å². The first kappa shape index (κ1) is 16.0. The molecule has 0 fully saturated rings. The number of azo groups is 1. The number of nitrogens with zero attached hydrogens (tertiary/aromatic N) is 2. The Kier molecular flexibility index (Phi) is 5.84. The minimum atomic E-state index is -4.21. The van der Waals surface area contributed by atoms with E-state index in [1.54, 1.807) is 18.2 Å². The van der Waals surface area contributed by atoms with Crippen LogP contribution in [0.5, 0.6) is 0 Å². The van der Waals surface area contributed by atoms with Crippen molar-refractivity contribution < 1.29 is 44.0 Å².